The van der Waals surface area contributed by atoms with Crippen molar-refractivity contribution in [2.45, 2.75) is 18.7 Å². The Balaban J connectivity index is 1.57. The molecule has 0 aliphatic heterocycles. The number of nitrogens with zero attached hydrogens (tertiary/aromatic N) is 1. The SMILES string of the molecule is Cc1cc(C)c2nc(NNC(=O)CSc3ccccc3)sc2c1. The van der Waals surface area contributed by atoms with Gasteiger partial charge in [-0.2, -0.15) is 0 Å². The topological polar surface area (TPSA) is 54.0 Å². The standard InChI is InChI=1S/C17H17N3OS2/c1-11-8-12(2)16-14(9-11)23-17(18-16)20-19-15(21)10-22-13-6-4-3-5-7-13/h3-9H,10H2,1-2H3,(H,18,20)(H,19,21). The van der Waals surface area contributed by atoms with Crippen LogP contribution >= 0.6 is 23.1 Å². The van der Waals surface area contributed by atoms with Crippen LogP contribution in [-0.4, -0.2) is 16.6 Å². The van der Waals surface area contributed by atoms with Gasteiger partial charge in [0.25, 0.3) is 0 Å². The van der Waals surface area contributed by atoms with Crippen molar-refractivity contribution in [3.05, 3.63) is 53.6 Å². The van der Waals surface area contributed by atoms with E-state index < -0.39 is 0 Å². The monoisotopic (exact) mass is 343 g/mol. The number of nitrogens with one attached hydrogen (secondary N) is 2. The van der Waals surface area contributed by atoms with Crippen LogP contribution in [0, 0.1) is 13.8 Å². The number of rotatable bonds is 5. The zero-order valence-electron chi connectivity index (χ0n) is 12.9. The highest BCUT2D eigenvalue weighted by molar-refractivity contribution is 8.00. The fraction of sp³-hybridized carbons (Fsp3) is 0.176. The largest absolute Gasteiger partial charge is 0.273 e. The molecule has 0 atom stereocenters. The lowest BCUT2D eigenvalue weighted by molar-refractivity contribution is -0.118. The zero-order valence-corrected chi connectivity index (χ0v) is 14.6. The van der Waals surface area contributed by atoms with Gasteiger partial charge < -0.3 is 0 Å². The second kappa shape index (κ2) is 7.02. The molecule has 118 valence electrons. The minimum atomic E-state index is -0.0778. The van der Waals surface area contributed by atoms with Crippen LogP contribution in [0.4, 0.5) is 5.13 Å². The van der Waals surface area contributed by atoms with Crippen molar-refractivity contribution in [3.8, 4) is 0 Å². The molecule has 1 heterocycles. The Kier molecular flexibility index (Phi) is 4.83. The van der Waals surface area contributed by atoms with Gasteiger partial charge in [-0.25, -0.2) is 4.98 Å². The van der Waals surface area contributed by atoms with E-state index in [0.717, 1.165) is 20.7 Å². The van der Waals surface area contributed by atoms with Crippen molar-refractivity contribution in [3.63, 3.8) is 0 Å². The molecule has 0 saturated carbocycles. The molecular formula is C17H17N3OS2. The van der Waals surface area contributed by atoms with Gasteiger partial charge in [-0.05, 0) is 43.2 Å². The van der Waals surface area contributed by atoms with E-state index in [4.69, 9.17) is 0 Å². The van der Waals surface area contributed by atoms with E-state index >= 15 is 0 Å². The first-order chi connectivity index (χ1) is 11.1. The molecule has 2 aromatic carbocycles. The maximum absolute atomic E-state index is 11.9. The lowest BCUT2D eigenvalue weighted by Gasteiger charge is -2.05. The molecule has 1 amide bonds. The number of anilines is 1. The molecule has 0 unspecified atom stereocenters. The van der Waals surface area contributed by atoms with Crippen molar-refractivity contribution in [1.82, 2.24) is 10.4 Å². The number of thioether (sulfide) groups is 1. The van der Waals surface area contributed by atoms with Crippen LogP contribution in [0.2, 0.25) is 0 Å². The second-order valence-corrected chi connectivity index (χ2v) is 7.30. The summed E-state index contributed by atoms with van der Waals surface area (Å²) in [5.41, 5.74) is 8.96. The van der Waals surface area contributed by atoms with Gasteiger partial charge in [-0.15, -0.1) is 11.8 Å². The fourth-order valence-corrected chi connectivity index (χ4v) is 3.96. The number of thiazole rings is 1. The Morgan fingerprint density at radius 2 is 2.00 bits per heavy atom. The van der Waals surface area contributed by atoms with Gasteiger partial charge in [0.15, 0.2) is 0 Å². The molecule has 0 saturated heterocycles. The summed E-state index contributed by atoms with van der Waals surface area (Å²) in [4.78, 5) is 17.5. The van der Waals surface area contributed by atoms with Crippen LogP contribution in [0.25, 0.3) is 10.2 Å². The van der Waals surface area contributed by atoms with Gasteiger partial charge in [0.2, 0.25) is 11.0 Å². The van der Waals surface area contributed by atoms with Crippen molar-refractivity contribution >= 4 is 44.4 Å². The smallest absolute Gasteiger partial charge is 0.248 e. The number of hydrogen-bond donors (Lipinski definition) is 2. The van der Waals surface area contributed by atoms with Gasteiger partial charge >= 0.3 is 0 Å². The van der Waals surface area contributed by atoms with Gasteiger partial charge in [-0.1, -0.05) is 35.6 Å². The molecule has 1 aromatic heterocycles. The Labute approximate surface area is 143 Å². The summed E-state index contributed by atoms with van der Waals surface area (Å²) in [5.74, 6) is 0.283. The maximum atomic E-state index is 11.9. The lowest BCUT2D eigenvalue weighted by atomic mass is 10.1. The molecule has 0 radical (unpaired) electrons. The third-order valence-electron chi connectivity index (χ3n) is 3.25. The molecule has 23 heavy (non-hydrogen) atoms. The zero-order chi connectivity index (χ0) is 16.2. The number of benzene rings is 2. The first-order valence-corrected chi connectivity index (χ1v) is 9.02. The van der Waals surface area contributed by atoms with Crippen molar-refractivity contribution in [2.75, 3.05) is 11.2 Å². The molecular weight excluding hydrogens is 326 g/mol. The van der Waals surface area contributed by atoms with E-state index in [1.54, 1.807) is 0 Å². The number of carbonyl (C=O) groups excluding carboxylic acids is 1. The number of carbonyl (C=O) groups is 1. The normalized spacial score (nSPS) is 10.7. The third kappa shape index (κ3) is 4.03. The molecule has 3 rings (SSSR count). The summed E-state index contributed by atoms with van der Waals surface area (Å²) in [6, 6.07) is 14.1. The molecule has 0 bridgehead atoms. The van der Waals surface area contributed by atoms with E-state index in [9.17, 15) is 4.79 Å². The minimum absolute atomic E-state index is 0.0778. The lowest BCUT2D eigenvalue weighted by Crippen LogP contribution is -2.30. The third-order valence-corrected chi connectivity index (χ3v) is 5.18. The minimum Gasteiger partial charge on any atom is -0.273 e. The molecule has 6 heteroatoms. The summed E-state index contributed by atoms with van der Waals surface area (Å²) in [5, 5.41) is 0.701. The highest BCUT2D eigenvalue weighted by Gasteiger charge is 2.08. The second-order valence-electron chi connectivity index (χ2n) is 5.22. The van der Waals surface area contributed by atoms with E-state index in [2.05, 4.69) is 34.9 Å². The predicted octanol–water partition coefficient (Wildman–Crippen LogP) is 4.15. The number of aromatic nitrogens is 1. The summed E-state index contributed by atoms with van der Waals surface area (Å²) in [6.45, 7) is 4.12. The number of fused-ring (bicyclic) bond motifs is 1. The quantitative estimate of drug-likeness (QED) is 0.540. The van der Waals surface area contributed by atoms with Crippen LogP contribution in [-0.2, 0) is 4.79 Å². The molecule has 0 aliphatic carbocycles. The van der Waals surface area contributed by atoms with E-state index in [0.29, 0.717) is 10.9 Å². The summed E-state index contributed by atoms with van der Waals surface area (Å²) < 4.78 is 1.12. The van der Waals surface area contributed by atoms with Crippen LogP contribution in [0.3, 0.4) is 0 Å². The van der Waals surface area contributed by atoms with Crippen molar-refractivity contribution < 1.29 is 4.79 Å². The summed E-state index contributed by atoms with van der Waals surface area (Å²) in [6.07, 6.45) is 0. The van der Waals surface area contributed by atoms with Gasteiger partial charge in [-0.3, -0.25) is 15.6 Å². The average molecular weight is 343 g/mol. The van der Waals surface area contributed by atoms with Crippen LogP contribution < -0.4 is 10.9 Å². The fourth-order valence-electron chi connectivity index (χ4n) is 2.25. The molecule has 3 aromatic rings. The summed E-state index contributed by atoms with van der Waals surface area (Å²) in [7, 11) is 0. The molecule has 0 aliphatic rings. The highest BCUT2D eigenvalue weighted by Crippen LogP contribution is 2.28. The first-order valence-electron chi connectivity index (χ1n) is 7.22. The van der Waals surface area contributed by atoms with Crippen molar-refractivity contribution in [2.24, 2.45) is 0 Å². The number of hydrogen-bond acceptors (Lipinski definition) is 5. The van der Waals surface area contributed by atoms with E-state index in [1.807, 2.05) is 37.3 Å². The van der Waals surface area contributed by atoms with Crippen molar-refractivity contribution in [1.29, 1.82) is 0 Å². The van der Waals surface area contributed by atoms with Gasteiger partial charge in [0.05, 0.1) is 16.0 Å². The number of aryl methyl sites for hydroxylation is 2. The van der Waals surface area contributed by atoms with E-state index in [-0.39, 0.29) is 5.91 Å². The van der Waals surface area contributed by atoms with E-state index in [1.165, 1.54) is 28.7 Å². The maximum Gasteiger partial charge on any atom is 0.248 e. The van der Waals surface area contributed by atoms with Crippen LogP contribution in [0.1, 0.15) is 11.1 Å². The number of hydrazine groups is 1. The first kappa shape index (κ1) is 15.8. The Bertz CT molecular complexity index is 830. The van der Waals surface area contributed by atoms with Gasteiger partial charge in [0.1, 0.15) is 0 Å². The Hall–Kier alpha value is -2.05. The number of amides is 1. The van der Waals surface area contributed by atoms with Crippen LogP contribution in [0.15, 0.2) is 47.4 Å². The predicted molar refractivity (Wildman–Crippen MR) is 98.0 cm³/mol. The summed E-state index contributed by atoms with van der Waals surface area (Å²) >= 11 is 3.04. The Morgan fingerprint density at radius 1 is 1.22 bits per heavy atom. The van der Waals surface area contributed by atoms with Gasteiger partial charge in [0, 0.05) is 4.90 Å². The molecule has 2 N–H and O–H groups in total. The Morgan fingerprint density at radius 3 is 2.78 bits per heavy atom. The average Bonchev–Trinajstić information content (AvgIpc) is 2.95. The van der Waals surface area contributed by atoms with Crippen LogP contribution in [0.5, 0.6) is 0 Å². The molecule has 0 spiro atoms. The molecule has 0 fully saturated rings. The molecule has 4 nitrogen and oxygen atoms in total. The highest BCUT2D eigenvalue weighted by atomic mass is 32.2.